The van der Waals surface area contributed by atoms with Crippen LogP contribution in [0.5, 0.6) is 5.75 Å². The molecule has 104 valence electrons. The number of nitrogens with zero attached hydrogens (tertiary/aromatic N) is 1. The van der Waals surface area contributed by atoms with Crippen LogP contribution in [0.1, 0.15) is 33.3 Å². The van der Waals surface area contributed by atoms with E-state index in [4.69, 9.17) is 4.74 Å². The Morgan fingerprint density at radius 2 is 2.11 bits per heavy atom. The van der Waals surface area contributed by atoms with Crippen LogP contribution in [0.25, 0.3) is 0 Å². The third kappa shape index (κ3) is 3.00. The van der Waals surface area contributed by atoms with Crippen molar-refractivity contribution in [3.05, 3.63) is 23.8 Å². The van der Waals surface area contributed by atoms with Gasteiger partial charge in [-0.15, -0.1) is 0 Å². The molecule has 0 fully saturated rings. The fraction of sp³-hybridized carbons (Fsp3) is 0.533. The molecule has 0 spiro atoms. The average Bonchev–Trinajstić information content (AvgIpc) is 2.25. The van der Waals surface area contributed by atoms with Crippen LogP contribution in [-0.2, 0) is 11.2 Å². The lowest BCUT2D eigenvalue weighted by Gasteiger charge is -2.34. The predicted octanol–water partition coefficient (Wildman–Crippen LogP) is 3.33. The Balaban J connectivity index is 2.35. The van der Waals surface area contributed by atoms with Crippen LogP contribution in [0.15, 0.2) is 18.2 Å². The Labute approximate surface area is 114 Å². The molecule has 0 radical (unpaired) electrons. The van der Waals surface area contributed by atoms with E-state index in [9.17, 15) is 9.90 Å². The van der Waals surface area contributed by atoms with Gasteiger partial charge in [-0.25, -0.2) is 4.79 Å². The highest BCUT2D eigenvalue weighted by Gasteiger charge is 2.31. The Hall–Kier alpha value is -1.71. The number of para-hydroxylation sites is 1. The highest BCUT2D eigenvalue weighted by molar-refractivity contribution is 5.91. The molecule has 4 heteroatoms. The zero-order chi connectivity index (χ0) is 14.2. The number of carbonyl (C=O) groups is 1. The van der Waals surface area contributed by atoms with Crippen molar-refractivity contribution in [2.24, 2.45) is 5.92 Å². The van der Waals surface area contributed by atoms with Crippen molar-refractivity contribution in [3.63, 3.8) is 0 Å². The van der Waals surface area contributed by atoms with Crippen molar-refractivity contribution in [1.82, 2.24) is 0 Å². The minimum atomic E-state index is -0.539. The van der Waals surface area contributed by atoms with Gasteiger partial charge in [-0.3, -0.25) is 4.90 Å². The summed E-state index contributed by atoms with van der Waals surface area (Å²) in [5, 5.41) is 10.0. The maximum Gasteiger partial charge on any atom is 0.414 e. The molecule has 0 aliphatic carbocycles. The van der Waals surface area contributed by atoms with Crippen molar-refractivity contribution in [1.29, 1.82) is 0 Å². The van der Waals surface area contributed by atoms with Gasteiger partial charge in [-0.2, -0.15) is 0 Å². The summed E-state index contributed by atoms with van der Waals surface area (Å²) in [4.78, 5) is 13.8. The molecule has 1 unspecified atom stereocenters. The third-order valence-electron chi connectivity index (χ3n) is 3.04. The van der Waals surface area contributed by atoms with Gasteiger partial charge in [0.15, 0.2) is 0 Å². The number of benzene rings is 1. The highest BCUT2D eigenvalue weighted by atomic mass is 16.6. The first-order valence-corrected chi connectivity index (χ1v) is 6.59. The van der Waals surface area contributed by atoms with Crippen molar-refractivity contribution in [2.45, 2.75) is 39.7 Å². The van der Waals surface area contributed by atoms with Gasteiger partial charge in [-0.1, -0.05) is 19.1 Å². The second kappa shape index (κ2) is 4.76. The number of rotatable bonds is 0. The van der Waals surface area contributed by atoms with E-state index < -0.39 is 11.7 Å². The van der Waals surface area contributed by atoms with Crippen LogP contribution in [0.3, 0.4) is 0 Å². The molecule has 1 heterocycles. The molecular weight excluding hydrogens is 242 g/mol. The molecule has 1 aromatic rings. The summed E-state index contributed by atoms with van der Waals surface area (Å²) in [5.74, 6) is 0.483. The molecule has 2 rings (SSSR count). The third-order valence-corrected chi connectivity index (χ3v) is 3.04. The number of aromatic hydroxyl groups is 1. The van der Waals surface area contributed by atoms with E-state index in [2.05, 4.69) is 6.92 Å². The number of hydrogen-bond acceptors (Lipinski definition) is 3. The first-order chi connectivity index (χ1) is 8.78. The molecule has 1 aromatic carbocycles. The number of hydrogen-bond donors (Lipinski definition) is 1. The van der Waals surface area contributed by atoms with Gasteiger partial charge in [-0.05, 0) is 44.7 Å². The molecule has 4 nitrogen and oxygen atoms in total. The van der Waals surface area contributed by atoms with Crippen molar-refractivity contribution < 1.29 is 14.6 Å². The number of phenols is 1. The SMILES string of the molecule is CC1Cc2cccc(O)c2N(C(=O)OC(C)(C)C)C1. The molecule has 1 N–H and O–H groups in total. The van der Waals surface area contributed by atoms with Gasteiger partial charge in [0.25, 0.3) is 0 Å². The normalized spacial score (nSPS) is 18.9. The van der Waals surface area contributed by atoms with E-state index in [0.717, 1.165) is 12.0 Å². The topological polar surface area (TPSA) is 49.8 Å². The van der Waals surface area contributed by atoms with Crippen LogP contribution >= 0.6 is 0 Å². The van der Waals surface area contributed by atoms with Crippen LogP contribution in [0.4, 0.5) is 10.5 Å². The molecule has 1 aliphatic rings. The second-order valence-electron chi connectivity index (χ2n) is 6.19. The summed E-state index contributed by atoms with van der Waals surface area (Å²) >= 11 is 0. The van der Waals surface area contributed by atoms with Gasteiger partial charge >= 0.3 is 6.09 Å². The largest absolute Gasteiger partial charge is 0.506 e. The van der Waals surface area contributed by atoms with Crippen molar-refractivity contribution >= 4 is 11.8 Å². The fourth-order valence-corrected chi connectivity index (χ4v) is 2.38. The Morgan fingerprint density at radius 1 is 1.42 bits per heavy atom. The summed E-state index contributed by atoms with van der Waals surface area (Å²) < 4.78 is 5.41. The monoisotopic (exact) mass is 263 g/mol. The predicted molar refractivity (Wildman–Crippen MR) is 74.6 cm³/mol. The van der Waals surface area contributed by atoms with E-state index in [-0.39, 0.29) is 5.75 Å². The van der Waals surface area contributed by atoms with E-state index in [1.807, 2.05) is 26.8 Å². The average molecular weight is 263 g/mol. The smallest absolute Gasteiger partial charge is 0.414 e. The fourth-order valence-electron chi connectivity index (χ4n) is 2.38. The van der Waals surface area contributed by atoms with Crippen LogP contribution in [0, 0.1) is 5.92 Å². The minimum Gasteiger partial charge on any atom is -0.506 e. The first kappa shape index (κ1) is 13.7. The summed E-state index contributed by atoms with van der Waals surface area (Å²) in [7, 11) is 0. The van der Waals surface area contributed by atoms with Gasteiger partial charge in [0.05, 0.1) is 5.69 Å². The Morgan fingerprint density at radius 3 is 2.74 bits per heavy atom. The van der Waals surface area contributed by atoms with Crippen molar-refractivity contribution in [2.75, 3.05) is 11.4 Å². The van der Waals surface area contributed by atoms with Crippen LogP contribution in [-0.4, -0.2) is 23.3 Å². The molecule has 0 bridgehead atoms. The maximum atomic E-state index is 12.3. The lowest BCUT2D eigenvalue weighted by molar-refractivity contribution is 0.0571. The van der Waals surface area contributed by atoms with Gasteiger partial charge in [0.2, 0.25) is 0 Å². The standard InChI is InChI=1S/C15H21NO3/c1-10-8-11-6-5-7-12(17)13(11)16(9-10)14(18)19-15(2,3)4/h5-7,10,17H,8-9H2,1-4H3. The molecule has 19 heavy (non-hydrogen) atoms. The first-order valence-electron chi connectivity index (χ1n) is 6.59. The van der Waals surface area contributed by atoms with Gasteiger partial charge in [0.1, 0.15) is 11.4 Å². The summed E-state index contributed by atoms with van der Waals surface area (Å²) in [6.07, 6.45) is 0.463. The lowest BCUT2D eigenvalue weighted by atomic mass is 9.94. The molecular formula is C15H21NO3. The quantitative estimate of drug-likeness (QED) is 0.781. The number of carbonyl (C=O) groups excluding carboxylic acids is 1. The van der Waals surface area contributed by atoms with Gasteiger partial charge in [0, 0.05) is 6.54 Å². The minimum absolute atomic E-state index is 0.134. The molecule has 1 aliphatic heterocycles. The number of amides is 1. The lowest BCUT2D eigenvalue weighted by Crippen LogP contribution is -2.42. The number of phenolic OH excluding ortho intramolecular Hbond substituents is 1. The summed E-state index contributed by atoms with van der Waals surface area (Å²) in [6, 6.07) is 5.35. The number of anilines is 1. The van der Waals surface area contributed by atoms with Gasteiger partial charge < -0.3 is 9.84 Å². The number of fused-ring (bicyclic) bond motifs is 1. The molecule has 1 atom stereocenters. The Kier molecular flexibility index (Phi) is 3.43. The maximum absolute atomic E-state index is 12.3. The zero-order valence-electron chi connectivity index (χ0n) is 11.9. The molecule has 0 saturated heterocycles. The molecule has 1 amide bonds. The summed E-state index contributed by atoms with van der Waals surface area (Å²) in [5.41, 5.74) is 1.04. The van der Waals surface area contributed by atoms with Crippen molar-refractivity contribution in [3.8, 4) is 5.75 Å². The van der Waals surface area contributed by atoms with E-state index in [1.165, 1.54) is 0 Å². The number of ether oxygens (including phenoxy) is 1. The van der Waals surface area contributed by atoms with E-state index >= 15 is 0 Å². The molecule has 0 saturated carbocycles. The van der Waals surface area contributed by atoms with Crippen LogP contribution in [0.2, 0.25) is 0 Å². The molecule has 0 aromatic heterocycles. The van der Waals surface area contributed by atoms with E-state index in [0.29, 0.717) is 18.2 Å². The zero-order valence-corrected chi connectivity index (χ0v) is 11.9. The highest BCUT2D eigenvalue weighted by Crippen LogP contribution is 2.37. The second-order valence-corrected chi connectivity index (χ2v) is 6.19. The Bertz CT molecular complexity index is 491. The van der Waals surface area contributed by atoms with Crippen LogP contribution < -0.4 is 4.90 Å². The summed E-state index contributed by atoms with van der Waals surface area (Å²) in [6.45, 7) is 8.17. The van der Waals surface area contributed by atoms with E-state index in [1.54, 1.807) is 17.0 Å².